The minimum Gasteiger partial charge on any atom is -0.480 e. The summed E-state index contributed by atoms with van der Waals surface area (Å²) in [6.45, 7) is 3.49. The number of hydrogen-bond donors (Lipinski definition) is 2. The molecule has 4 heteroatoms. The number of carboxylic acid groups (broad SMARTS) is 1. The molecule has 0 heterocycles. The first-order valence-electron chi connectivity index (χ1n) is 3.05. The Morgan fingerprint density at radius 2 is 2.20 bits per heavy atom. The second-order valence-corrected chi connectivity index (χ2v) is 2.29. The van der Waals surface area contributed by atoms with Crippen LogP contribution in [0.1, 0.15) is 13.8 Å². The second-order valence-electron chi connectivity index (χ2n) is 2.29. The van der Waals surface area contributed by atoms with Crippen LogP contribution in [0.3, 0.4) is 0 Å². The molecule has 0 saturated heterocycles. The normalized spacial score (nSPS) is 12.1. The Morgan fingerprint density at radius 3 is 2.50 bits per heavy atom. The Hall–Kier alpha value is -1.06. The van der Waals surface area contributed by atoms with Crippen molar-refractivity contribution < 1.29 is 9.90 Å². The predicted molar refractivity (Wildman–Crippen MR) is 39.0 cm³/mol. The molecule has 0 unspecified atom stereocenters. The third-order valence-corrected chi connectivity index (χ3v) is 0.988. The van der Waals surface area contributed by atoms with Crippen LogP contribution in [0.4, 0.5) is 0 Å². The summed E-state index contributed by atoms with van der Waals surface area (Å²) in [4.78, 5) is 13.6. The molecule has 0 aliphatic carbocycles. The van der Waals surface area contributed by atoms with Crippen LogP contribution < -0.4 is 5.73 Å². The van der Waals surface area contributed by atoms with E-state index in [-0.39, 0.29) is 12.5 Å². The summed E-state index contributed by atoms with van der Waals surface area (Å²) in [5.74, 6) is -0.439. The largest absolute Gasteiger partial charge is 0.480 e. The molecule has 0 bridgehead atoms. The maximum Gasteiger partial charge on any atom is 0.325 e. The molecule has 0 spiro atoms. The van der Waals surface area contributed by atoms with Gasteiger partial charge in [-0.1, -0.05) is 13.8 Å². The van der Waals surface area contributed by atoms with Crippen LogP contribution >= 0.6 is 0 Å². The number of aliphatic carboxylic acids is 1. The van der Waals surface area contributed by atoms with Crippen molar-refractivity contribution in [1.29, 1.82) is 0 Å². The van der Waals surface area contributed by atoms with Crippen molar-refractivity contribution in [2.45, 2.75) is 13.8 Å². The molecule has 10 heavy (non-hydrogen) atoms. The van der Waals surface area contributed by atoms with Crippen molar-refractivity contribution >= 4 is 11.8 Å². The molecule has 0 rings (SSSR count). The molecule has 0 aromatic rings. The molecule has 0 amide bonds. The summed E-state index contributed by atoms with van der Waals surface area (Å²) >= 11 is 0. The van der Waals surface area contributed by atoms with Crippen LogP contribution in [-0.4, -0.2) is 23.5 Å². The first-order chi connectivity index (χ1) is 4.54. The Morgan fingerprint density at radius 1 is 1.70 bits per heavy atom. The van der Waals surface area contributed by atoms with Crippen molar-refractivity contribution in [3.05, 3.63) is 0 Å². The fraction of sp³-hybridized carbons (Fsp3) is 0.667. The molecule has 4 nitrogen and oxygen atoms in total. The minimum absolute atomic E-state index is 0.124. The van der Waals surface area contributed by atoms with E-state index in [0.29, 0.717) is 5.84 Å². The molecule has 58 valence electrons. The monoisotopic (exact) mass is 144 g/mol. The van der Waals surface area contributed by atoms with Gasteiger partial charge in [0.25, 0.3) is 0 Å². The quantitative estimate of drug-likeness (QED) is 0.435. The molecule has 0 aromatic heterocycles. The first kappa shape index (κ1) is 8.94. The van der Waals surface area contributed by atoms with E-state index >= 15 is 0 Å². The lowest BCUT2D eigenvalue weighted by molar-refractivity contribution is -0.135. The van der Waals surface area contributed by atoms with Gasteiger partial charge in [0, 0.05) is 5.92 Å². The Bertz CT molecular complexity index is 152. The topological polar surface area (TPSA) is 75.7 Å². The van der Waals surface area contributed by atoms with Gasteiger partial charge in [0.15, 0.2) is 0 Å². The average molecular weight is 144 g/mol. The van der Waals surface area contributed by atoms with Gasteiger partial charge in [-0.25, -0.2) is 0 Å². The standard InChI is InChI=1S/C6H12N2O2/c1-4(2)6(7)8-3-5(9)10/h4H,3H2,1-2H3,(H2,7,8)(H,9,10). The smallest absolute Gasteiger partial charge is 0.325 e. The van der Waals surface area contributed by atoms with Crippen LogP contribution in [0.15, 0.2) is 4.99 Å². The zero-order valence-electron chi connectivity index (χ0n) is 6.16. The van der Waals surface area contributed by atoms with Crippen LogP contribution in [0, 0.1) is 5.92 Å². The van der Waals surface area contributed by atoms with Crippen LogP contribution in [0.25, 0.3) is 0 Å². The van der Waals surface area contributed by atoms with E-state index < -0.39 is 5.97 Å². The van der Waals surface area contributed by atoms with Gasteiger partial charge in [-0.15, -0.1) is 0 Å². The highest BCUT2D eigenvalue weighted by molar-refractivity contribution is 5.84. The Balaban J connectivity index is 3.80. The van der Waals surface area contributed by atoms with Gasteiger partial charge in [0.05, 0.1) is 5.84 Å². The van der Waals surface area contributed by atoms with Gasteiger partial charge in [-0.2, -0.15) is 0 Å². The summed E-state index contributed by atoms with van der Waals surface area (Å²) in [6, 6.07) is 0. The molecule has 0 aromatic carbocycles. The number of amidine groups is 1. The van der Waals surface area contributed by atoms with Gasteiger partial charge in [0.2, 0.25) is 0 Å². The van der Waals surface area contributed by atoms with E-state index in [1.165, 1.54) is 0 Å². The van der Waals surface area contributed by atoms with Crippen molar-refractivity contribution in [3.8, 4) is 0 Å². The van der Waals surface area contributed by atoms with Crippen molar-refractivity contribution in [2.24, 2.45) is 16.6 Å². The van der Waals surface area contributed by atoms with E-state index in [1.807, 2.05) is 13.8 Å². The third-order valence-electron chi connectivity index (χ3n) is 0.988. The summed E-state index contributed by atoms with van der Waals surface area (Å²) in [6.07, 6.45) is 0. The van der Waals surface area contributed by atoms with Crippen LogP contribution in [-0.2, 0) is 4.79 Å². The van der Waals surface area contributed by atoms with Gasteiger partial charge < -0.3 is 10.8 Å². The number of aliphatic imine (C=N–C) groups is 1. The Labute approximate surface area is 59.8 Å². The molecule has 0 fully saturated rings. The first-order valence-corrected chi connectivity index (χ1v) is 3.05. The zero-order valence-corrected chi connectivity index (χ0v) is 6.16. The third kappa shape index (κ3) is 3.88. The predicted octanol–water partition coefficient (Wildman–Crippen LogP) is 0.0842. The van der Waals surface area contributed by atoms with Crippen molar-refractivity contribution in [2.75, 3.05) is 6.54 Å². The average Bonchev–Trinajstić information content (AvgIpc) is 1.82. The summed E-state index contributed by atoms with van der Waals surface area (Å²) in [7, 11) is 0. The maximum atomic E-state index is 9.96. The van der Waals surface area contributed by atoms with E-state index in [4.69, 9.17) is 10.8 Å². The van der Waals surface area contributed by atoms with E-state index in [9.17, 15) is 4.79 Å². The Kier molecular flexibility index (Phi) is 3.46. The lowest BCUT2D eigenvalue weighted by Crippen LogP contribution is -2.20. The summed E-state index contributed by atoms with van der Waals surface area (Å²) in [5.41, 5.74) is 5.35. The molecule has 0 atom stereocenters. The number of nitrogens with two attached hydrogens (primary N) is 1. The zero-order chi connectivity index (χ0) is 8.15. The molecule has 0 radical (unpaired) electrons. The van der Waals surface area contributed by atoms with Gasteiger partial charge in [-0.3, -0.25) is 9.79 Å². The second kappa shape index (κ2) is 3.87. The van der Waals surface area contributed by atoms with Gasteiger partial charge in [-0.05, 0) is 0 Å². The summed E-state index contributed by atoms with van der Waals surface area (Å²) < 4.78 is 0. The van der Waals surface area contributed by atoms with Gasteiger partial charge >= 0.3 is 5.97 Å². The summed E-state index contributed by atoms with van der Waals surface area (Å²) in [5, 5.41) is 8.18. The number of hydrogen-bond acceptors (Lipinski definition) is 2. The van der Waals surface area contributed by atoms with Crippen LogP contribution in [0.5, 0.6) is 0 Å². The van der Waals surface area contributed by atoms with Crippen LogP contribution in [0.2, 0.25) is 0 Å². The highest BCUT2D eigenvalue weighted by Crippen LogP contribution is 1.90. The molecule has 0 saturated carbocycles. The molecular formula is C6H12N2O2. The van der Waals surface area contributed by atoms with Crippen molar-refractivity contribution in [1.82, 2.24) is 0 Å². The lowest BCUT2D eigenvalue weighted by Gasteiger charge is -2.01. The minimum atomic E-state index is -0.955. The fourth-order valence-corrected chi connectivity index (χ4v) is 0.341. The highest BCUT2D eigenvalue weighted by Gasteiger charge is 1.99. The highest BCUT2D eigenvalue weighted by atomic mass is 16.4. The number of nitrogens with zero attached hydrogens (tertiary/aromatic N) is 1. The molecule has 0 aliphatic heterocycles. The maximum absolute atomic E-state index is 9.96. The van der Waals surface area contributed by atoms with E-state index in [1.54, 1.807) is 0 Å². The number of carboxylic acids is 1. The molecular weight excluding hydrogens is 132 g/mol. The number of carbonyl (C=O) groups is 1. The fourth-order valence-electron chi connectivity index (χ4n) is 0.341. The van der Waals surface area contributed by atoms with Crippen molar-refractivity contribution in [3.63, 3.8) is 0 Å². The van der Waals surface area contributed by atoms with E-state index in [2.05, 4.69) is 4.99 Å². The lowest BCUT2D eigenvalue weighted by atomic mass is 10.2. The van der Waals surface area contributed by atoms with E-state index in [0.717, 1.165) is 0 Å². The number of rotatable bonds is 3. The SMILES string of the molecule is CC(C)C(N)=NCC(=O)O. The molecule has 0 aliphatic rings. The molecule has 3 N–H and O–H groups in total. The van der Waals surface area contributed by atoms with Gasteiger partial charge in [0.1, 0.15) is 6.54 Å².